The van der Waals surface area contributed by atoms with Crippen molar-refractivity contribution in [2.75, 3.05) is 0 Å². The van der Waals surface area contributed by atoms with Crippen LogP contribution >= 0.6 is 0 Å². The highest BCUT2D eigenvalue weighted by molar-refractivity contribution is 7.87. The lowest BCUT2D eigenvalue weighted by molar-refractivity contribution is 0.101. The molecule has 0 saturated heterocycles. The maximum atomic E-state index is 10.6. The molecule has 0 aromatic heterocycles. The van der Waals surface area contributed by atoms with Crippen LogP contribution in [0.4, 0.5) is 0 Å². The molecule has 0 unspecified atom stereocenters. The largest absolute Gasteiger partial charge is 0.391 e. The third-order valence-electron chi connectivity index (χ3n) is 2.05. The molecular formula is C6H14N2O3S. The number of nitrogens with two attached hydrogens (primary N) is 1. The van der Waals surface area contributed by atoms with Crippen LogP contribution in [0.3, 0.4) is 0 Å². The summed E-state index contributed by atoms with van der Waals surface area (Å²) >= 11 is 0. The smallest absolute Gasteiger partial charge is 0.274 e. The predicted octanol–water partition coefficient (Wildman–Crippen LogP) is -0.917. The average Bonchev–Trinajstić information content (AvgIpc) is 1.91. The van der Waals surface area contributed by atoms with Crippen LogP contribution in [-0.4, -0.2) is 25.7 Å². The average molecular weight is 194 g/mol. The standard InChI is InChI=1S/C6H14N2O3S/c7-12(10,11)8-5-3-1-2-4-6(5)9/h5-6,8-9H,1-4H2,(H2,7,10,11)/t5-,6-/m1/s1. The van der Waals surface area contributed by atoms with Crippen LogP contribution in [0, 0.1) is 0 Å². The van der Waals surface area contributed by atoms with E-state index in [-0.39, 0.29) is 0 Å². The van der Waals surface area contributed by atoms with Gasteiger partial charge in [0, 0.05) is 6.04 Å². The van der Waals surface area contributed by atoms with Gasteiger partial charge in [-0.15, -0.1) is 0 Å². The molecule has 72 valence electrons. The van der Waals surface area contributed by atoms with Crippen LogP contribution in [-0.2, 0) is 10.2 Å². The molecule has 0 spiro atoms. The van der Waals surface area contributed by atoms with Crippen LogP contribution in [0.25, 0.3) is 0 Å². The Morgan fingerprint density at radius 2 is 1.92 bits per heavy atom. The number of rotatable bonds is 2. The predicted molar refractivity (Wildman–Crippen MR) is 44.5 cm³/mol. The fourth-order valence-electron chi connectivity index (χ4n) is 1.46. The van der Waals surface area contributed by atoms with Crippen molar-refractivity contribution >= 4 is 10.2 Å². The summed E-state index contributed by atoms with van der Waals surface area (Å²) in [7, 11) is -3.67. The molecule has 0 aliphatic heterocycles. The summed E-state index contributed by atoms with van der Waals surface area (Å²) in [6, 6.07) is -0.395. The van der Waals surface area contributed by atoms with E-state index in [1.807, 2.05) is 0 Å². The number of hydrogen-bond donors (Lipinski definition) is 3. The molecule has 0 bridgehead atoms. The quantitative estimate of drug-likeness (QED) is 0.531. The highest BCUT2D eigenvalue weighted by atomic mass is 32.2. The second-order valence-electron chi connectivity index (χ2n) is 3.12. The van der Waals surface area contributed by atoms with Crippen LogP contribution in [0.5, 0.6) is 0 Å². The molecule has 12 heavy (non-hydrogen) atoms. The highest BCUT2D eigenvalue weighted by Crippen LogP contribution is 2.18. The van der Waals surface area contributed by atoms with Gasteiger partial charge in [0.1, 0.15) is 0 Å². The van der Waals surface area contributed by atoms with Gasteiger partial charge in [-0.25, -0.2) is 5.14 Å². The molecule has 1 fully saturated rings. The van der Waals surface area contributed by atoms with Gasteiger partial charge in [0.25, 0.3) is 10.2 Å². The zero-order chi connectivity index (χ0) is 9.19. The molecular weight excluding hydrogens is 180 g/mol. The molecule has 6 heteroatoms. The molecule has 0 heterocycles. The first-order valence-electron chi connectivity index (χ1n) is 3.97. The van der Waals surface area contributed by atoms with Gasteiger partial charge in [-0.3, -0.25) is 0 Å². The number of hydrogen-bond acceptors (Lipinski definition) is 3. The Labute approximate surface area is 72.1 Å². The van der Waals surface area contributed by atoms with Crippen molar-refractivity contribution in [2.24, 2.45) is 5.14 Å². The van der Waals surface area contributed by atoms with Crippen molar-refractivity contribution in [3.8, 4) is 0 Å². The molecule has 1 aliphatic rings. The van der Waals surface area contributed by atoms with Gasteiger partial charge >= 0.3 is 0 Å². The summed E-state index contributed by atoms with van der Waals surface area (Å²) in [6.07, 6.45) is 2.61. The van der Waals surface area contributed by atoms with Gasteiger partial charge in [0.2, 0.25) is 0 Å². The van der Waals surface area contributed by atoms with E-state index in [1.165, 1.54) is 0 Å². The normalized spacial score (nSPS) is 31.8. The van der Waals surface area contributed by atoms with E-state index in [0.29, 0.717) is 12.8 Å². The van der Waals surface area contributed by atoms with E-state index in [4.69, 9.17) is 5.14 Å². The molecule has 0 amide bonds. The van der Waals surface area contributed by atoms with Crippen molar-refractivity contribution in [3.05, 3.63) is 0 Å². The summed E-state index contributed by atoms with van der Waals surface area (Å²) in [6.45, 7) is 0. The fourth-order valence-corrected chi connectivity index (χ4v) is 2.16. The molecule has 0 aromatic rings. The van der Waals surface area contributed by atoms with Crippen molar-refractivity contribution in [1.29, 1.82) is 0 Å². The van der Waals surface area contributed by atoms with Crippen LogP contribution < -0.4 is 9.86 Å². The van der Waals surface area contributed by atoms with Gasteiger partial charge in [-0.2, -0.15) is 13.1 Å². The lowest BCUT2D eigenvalue weighted by Gasteiger charge is -2.27. The summed E-state index contributed by atoms with van der Waals surface area (Å²) in [5.74, 6) is 0. The maximum Gasteiger partial charge on any atom is 0.274 e. The summed E-state index contributed by atoms with van der Waals surface area (Å²) < 4.78 is 23.4. The van der Waals surface area contributed by atoms with Gasteiger partial charge < -0.3 is 5.11 Å². The monoisotopic (exact) mass is 194 g/mol. The van der Waals surface area contributed by atoms with Crippen LogP contribution in [0.15, 0.2) is 0 Å². The second-order valence-corrected chi connectivity index (χ2v) is 4.45. The Morgan fingerprint density at radius 1 is 1.33 bits per heavy atom. The Kier molecular flexibility index (Phi) is 3.05. The van der Waals surface area contributed by atoms with Gasteiger partial charge in [0.05, 0.1) is 6.10 Å². The molecule has 2 atom stereocenters. The minimum atomic E-state index is -3.67. The van der Waals surface area contributed by atoms with E-state index in [1.54, 1.807) is 0 Å². The Hall–Kier alpha value is -0.170. The first-order valence-corrected chi connectivity index (χ1v) is 5.52. The van der Waals surface area contributed by atoms with E-state index >= 15 is 0 Å². The number of aliphatic hydroxyl groups is 1. The van der Waals surface area contributed by atoms with Crippen molar-refractivity contribution in [3.63, 3.8) is 0 Å². The third kappa shape index (κ3) is 3.06. The van der Waals surface area contributed by atoms with Crippen LogP contribution in [0.2, 0.25) is 0 Å². The van der Waals surface area contributed by atoms with E-state index in [0.717, 1.165) is 12.8 Å². The van der Waals surface area contributed by atoms with E-state index in [2.05, 4.69) is 4.72 Å². The Bertz CT molecular complexity index is 239. The lowest BCUT2D eigenvalue weighted by atomic mass is 9.93. The fraction of sp³-hybridized carbons (Fsp3) is 1.00. The van der Waals surface area contributed by atoms with Crippen molar-refractivity contribution < 1.29 is 13.5 Å². The first-order chi connectivity index (χ1) is 5.49. The molecule has 4 N–H and O–H groups in total. The SMILES string of the molecule is NS(=O)(=O)N[C@@H]1CCCC[C@H]1O. The minimum Gasteiger partial charge on any atom is -0.391 e. The summed E-state index contributed by atoms with van der Waals surface area (Å²) in [5.41, 5.74) is 0. The maximum absolute atomic E-state index is 10.6. The first kappa shape index (κ1) is 9.91. The minimum absolute atomic E-state index is 0.395. The zero-order valence-corrected chi connectivity index (χ0v) is 7.55. The van der Waals surface area contributed by atoms with Gasteiger partial charge in [-0.05, 0) is 12.8 Å². The van der Waals surface area contributed by atoms with Crippen molar-refractivity contribution in [2.45, 2.75) is 37.8 Å². The molecule has 1 aliphatic carbocycles. The Morgan fingerprint density at radius 3 is 2.42 bits per heavy atom. The lowest BCUT2D eigenvalue weighted by Crippen LogP contribution is -2.47. The van der Waals surface area contributed by atoms with Crippen LogP contribution in [0.1, 0.15) is 25.7 Å². The van der Waals surface area contributed by atoms with E-state index in [9.17, 15) is 13.5 Å². The highest BCUT2D eigenvalue weighted by Gasteiger charge is 2.25. The topological polar surface area (TPSA) is 92.4 Å². The summed E-state index contributed by atoms with van der Waals surface area (Å²) in [4.78, 5) is 0. The van der Waals surface area contributed by atoms with Gasteiger partial charge in [0.15, 0.2) is 0 Å². The number of nitrogens with one attached hydrogen (secondary N) is 1. The molecule has 1 rings (SSSR count). The van der Waals surface area contributed by atoms with Crippen molar-refractivity contribution in [1.82, 2.24) is 4.72 Å². The molecule has 1 saturated carbocycles. The molecule has 5 nitrogen and oxygen atoms in total. The summed E-state index contributed by atoms with van der Waals surface area (Å²) in [5, 5.41) is 14.1. The Balaban J connectivity index is 2.50. The van der Waals surface area contributed by atoms with Gasteiger partial charge in [-0.1, -0.05) is 12.8 Å². The third-order valence-corrected chi connectivity index (χ3v) is 2.68. The zero-order valence-electron chi connectivity index (χ0n) is 6.73. The second kappa shape index (κ2) is 3.69. The van der Waals surface area contributed by atoms with E-state index < -0.39 is 22.4 Å². The molecule has 0 radical (unpaired) electrons. The molecule has 0 aromatic carbocycles. The number of aliphatic hydroxyl groups excluding tert-OH is 1.